The minimum Gasteiger partial charge on any atom is -0.504 e. The van der Waals surface area contributed by atoms with Gasteiger partial charge in [0.25, 0.3) is 0 Å². The van der Waals surface area contributed by atoms with Crippen molar-refractivity contribution in [2.75, 3.05) is 0 Å². The van der Waals surface area contributed by atoms with Crippen LogP contribution in [-0.4, -0.2) is 23.6 Å². The van der Waals surface area contributed by atoms with Gasteiger partial charge in [0.05, 0.1) is 26.3 Å². The number of phenols is 2. The van der Waals surface area contributed by atoms with Gasteiger partial charge in [0.15, 0.2) is 5.75 Å². The molecule has 0 radical (unpaired) electrons. The Labute approximate surface area is 141 Å². The molecule has 0 amide bonds. The third-order valence-electron chi connectivity index (χ3n) is 3.27. The molecule has 0 spiro atoms. The quantitative estimate of drug-likeness (QED) is 0.481. The SMILES string of the molecule is Cc1c(Cl)cc(C#N)cc1S(=O)(=O)c1cc(O)c(O)c([N+](=O)[O-])c1. The normalized spacial score (nSPS) is 11.0. The standard InChI is InChI=1S/C14H9ClN2O6S/c1-7-10(15)2-8(6-16)3-13(7)24(22,23)9-4-11(17(20)21)14(19)12(18)5-9/h2-5,18-19H,1H3. The highest BCUT2D eigenvalue weighted by Crippen LogP contribution is 2.39. The first kappa shape index (κ1) is 17.5. The zero-order valence-corrected chi connectivity index (χ0v) is 13.6. The van der Waals surface area contributed by atoms with Crippen molar-refractivity contribution in [3.8, 4) is 17.6 Å². The van der Waals surface area contributed by atoms with E-state index in [1.54, 1.807) is 6.07 Å². The smallest absolute Gasteiger partial charge is 0.315 e. The van der Waals surface area contributed by atoms with Crippen LogP contribution in [0.2, 0.25) is 5.02 Å². The second-order valence-electron chi connectivity index (χ2n) is 4.76. The number of nitrogens with zero attached hydrogens (tertiary/aromatic N) is 2. The molecule has 0 aliphatic carbocycles. The van der Waals surface area contributed by atoms with E-state index in [-0.39, 0.29) is 21.0 Å². The fraction of sp³-hybridized carbons (Fsp3) is 0.0714. The molecule has 2 N–H and O–H groups in total. The maximum absolute atomic E-state index is 12.7. The molecule has 2 rings (SSSR count). The van der Waals surface area contributed by atoms with Gasteiger partial charge in [-0.05, 0) is 24.6 Å². The number of benzene rings is 2. The number of hydrogen-bond acceptors (Lipinski definition) is 7. The van der Waals surface area contributed by atoms with Crippen LogP contribution in [0.15, 0.2) is 34.1 Å². The number of nitro benzene ring substituents is 1. The average molecular weight is 369 g/mol. The van der Waals surface area contributed by atoms with E-state index in [1.165, 1.54) is 13.0 Å². The zero-order chi connectivity index (χ0) is 18.2. The summed E-state index contributed by atoms with van der Waals surface area (Å²) >= 11 is 5.92. The van der Waals surface area contributed by atoms with E-state index in [0.29, 0.717) is 12.1 Å². The lowest BCUT2D eigenvalue weighted by atomic mass is 10.2. The summed E-state index contributed by atoms with van der Waals surface area (Å²) in [5, 5.41) is 38.9. The van der Waals surface area contributed by atoms with Crippen LogP contribution in [0.1, 0.15) is 11.1 Å². The molecule has 2 aromatic carbocycles. The Hall–Kier alpha value is -2.83. The van der Waals surface area contributed by atoms with E-state index >= 15 is 0 Å². The number of nitriles is 1. The molecule has 0 aromatic heterocycles. The number of phenolic OH excluding ortho intramolecular Hbond substituents is 2. The van der Waals surface area contributed by atoms with E-state index in [2.05, 4.69) is 0 Å². The van der Waals surface area contributed by atoms with Crippen LogP contribution >= 0.6 is 11.6 Å². The minimum absolute atomic E-state index is 0.0123. The van der Waals surface area contributed by atoms with Gasteiger partial charge in [-0.2, -0.15) is 5.26 Å². The predicted molar refractivity (Wildman–Crippen MR) is 82.8 cm³/mol. The second kappa shape index (κ2) is 5.99. The number of sulfone groups is 1. The maximum Gasteiger partial charge on any atom is 0.315 e. The van der Waals surface area contributed by atoms with Crippen LogP contribution in [-0.2, 0) is 9.84 Å². The van der Waals surface area contributed by atoms with Crippen LogP contribution in [0.5, 0.6) is 11.5 Å². The van der Waals surface area contributed by atoms with Gasteiger partial charge in [0, 0.05) is 17.2 Å². The van der Waals surface area contributed by atoms with Crippen LogP contribution in [0.3, 0.4) is 0 Å². The first-order chi connectivity index (χ1) is 11.1. The first-order valence-corrected chi connectivity index (χ1v) is 8.11. The summed E-state index contributed by atoms with van der Waals surface area (Å²) in [7, 11) is -4.33. The third-order valence-corrected chi connectivity index (χ3v) is 5.52. The van der Waals surface area contributed by atoms with E-state index in [0.717, 1.165) is 6.07 Å². The molecular formula is C14H9ClN2O6S. The molecule has 0 bridgehead atoms. The van der Waals surface area contributed by atoms with Gasteiger partial charge in [-0.1, -0.05) is 11.6 Å². The Kier molecular flexibility index (Phi) is 4.38. The lowest BCUT2D eigenvalue weighted by Crippen LogP contribution is -2.06. The molecule has 24 heavy (non-hydrogen) atoms. The molecule has 0 atom stereocenters. The molecule has 0 saturated carbocycles. The Morgan fingerprint density at radius 1 is 1.25 bits per heavy atom. The molecule has 0 aliphatic heterocycles. The average Bonchev–Trinajstić information content (AvgIpc) is 2.51. The summed E-state index contributed by atoms with van der Waals surface area (Å²) in [4.78, 5) is 8.92. The van der Waals surface area contributed by atoms with Crippen LogP contribution < -0.4 is 0 Å². The topological polar surface area (TPSA) is 142 Å². The van der Waals surface area contributed by atoms with Gasteiger partial charge >= 0.3 is 5.69 Å². The van der Waals surface area contributed by atoms with Crippen LogP contribution in [0.4, 0.5) is 5.69 Å². The summed E-state index contributed by atoms with van der Waals surface area (Å²) in [6.07, 6.45) is 0. The zero-order valence-electron chi connectivity index (χ0n) is 12.0. The van der Waals surface area contributed by atoms with Crippen molar-refractivity contribution < 1.29 is 23.6 Å². The minimum atomic E-state index is -4.33. The Morgan fingerprint density at radius 3 is 2.42 bits per heavy atom. The van der Waals surface area contributed by atoms with E-state index in [9.17, 15) is 28.7 Å². The maximum atomic E-state index is 12.7. The molecule has 10 heteroatoms. The number of nitro groups is 1. The Balaban J connectivity index is 2.80. The summed E-state index contributed by atoms with van der Waals surface area (Å²) in [5.74, 6) is -2.00. The van der Waals surface area contributed by atoms with Gasteiger partial charge < -0.3 is 10.2 Å². The third kappa shape index (κ3) is 2.84. The van der Waals surface area contributed by atoms with Crippen molar-refractivity contribution >= 4 is 27.1 Å². The number of halogens is 1. The Bertz CT molecular complexity index is 1010. The number of rotatable bonds is 3. The molecule has 0 heterocycles. The second-order valence-corrected chi connectivity index (χ2v) is 7.09. The van der Waals surface area contributed by atoms with Crippen LogP contribution in [0.25, 0.3) is 0 Å². The fourth-order valence-electron chi connectivity index (χ4n) is 2.00. The monoisotopic (exact) mass is 368 g/mol. The van der Waals surface area contributed by atoms with Crippen molar-refractivity contribution in [2.24, 2.45) is 0 Å². The lowest BCUT2D eigenvalue weighted by molar-refractivity contribution is -0.386. The van der Waals surface area contributed by atoms with Crippen molar-refractivity contribution in [3.63, 3.8) is 0 Å². The van der Waals surface area contributed by atoms with Gasteiger partial charge in [-0.15, -0.1) is 0 Å². The molecule has 0 fully saturated rings. The van der Waals surface area contributed by atoms with Gasteiger partial charge in [0.1, 0.15) is 0 Å². The van der Waals surface area contributed by atoms with E-state index < -0.39 is 36.8 Å². The van der Waals surface area contributed by atoms with Gasteiger partial charge in [-0.3, -0.25) is 10.1 Å². The van der Waals surface area contributed by atoms with E-state index in [4.69, 9.17) is 16.9 Å². The highest BCUT2D eigenvalue weighted by atomic mass is 35.5. The lowest BCUT2D eigenvalue weighted by Gasteiger charge is -2.11. The summed E-state index contributed by atoms with van der Waals surface area (Å²) in [6, 6.07) is 5.43. The van der Waals surface area contributed by atoms with Crippen molar-refractivity contribution in [1.29, 1.82) is 5.26 Å². The number of aromatic hydroxyl groups is 2. The number of hydrogen-bond donors (Lipinski definition) is 2. The molecule has 8 nitrogen and oxygen atoms in total. The van der Waals surface area contributed by atoms with Gasteiger partial charge in [-0.25, -0.2) is 8.42 Å². The van der Waals surface area contributed by atoms with E-state index in [1.807, 2.05) is 0 Å². The van der Waals surface area contributed by atoms with Crippen molar-refractivity contribution in [2.45, 2.75) is 16.7 Å². The summed E-state index contributed by atoms with van der Waals surface area (Å²) in [6.45, 7) is 1.41. The summed E-state index contributed by atoms with van der Waals surface area (Å²) in [5.41, 5.74) is -0.832. The first-order valence-electron chi connectivity index (χ1n) is 6.25. The molecule has 2 aromatic rings. The van der Waals surface area contributed by atoms with Crippen molar-refractivity contribution in [1.82, 2.24) is 0 Å². The van der Waals surface area contributed by atoms with Gasteiger partial charge in [0.2, 0.25) is 15.6 Å². The Morgan fingerprint density at radius 2 is 1.88 bits per heavy atom. The highest BCUT2D eigenvalue weighted by Gasteiger charge is 2.28. The molecule has 0 saturated heterocycles. The summed E-state index contributed by atoms with van der Waals surface area (Å²) < 4.78 is 25.5. The largest absolute Gasteiger partial charge is 0.504 e. The predicted octanol–water partition coefficient (Wildman–Crippen LogP) is 2.67. The van der Waals surface area contributed by atoms with Crippen LogP contribution in [0, 0.1) is 28.4 Å². The highest BCUT2D eigenvalue weighted by molar-refractivity contribution is 7.91. The fourth-order valence-corrected chi connectivity index (χ4v) is 3.86. The molecular weight excluding hydrogens is 360 g/mol. The molecule has 0 aliphatic rings. The molecule has 0 unspecified atom stereocenters. The molecule has 124 valence electrons. The van der Waals surface area contributed by atoms with Crippen molar-refractivity contribution in [3.05, 3.63) is 50.5 Å².